The van der Waals surface area contributed by atoms with Crippen LogP contribution in [0, 0.1) is 0 Å². The largest absolute Gasteiger partial charge is 0.325 e. The third-order valence-corrected chi connectivity index (χ3v) is 5.14. The Bertz CT molecular complexity index is 651. The lowest BCUT2D eigenvalue weighted by atomic mass is 10.1. The van der Waals surface area contributed by atoms with Crippen molar-refractivity contribution in [2.45, 2.75) is 50.3 Å². The van der Waals surface area contributed by atoms with Crippen LogP contribution in [0.15, 0.2) is 23.1 Å². The summed E-state index contributed by atoms with van der Waals surface area (Å²) < 4.78 is 23.4. The van der Waals surface area contributed by atoms with Crippen molar-refractivity contribution in [3.8, 4) is 0 Å². The second-order valence-electron chi connectivity index (χ2n) is 5.91. The van der Waals surface area contributed by atoms with E-state index in [0.717, 1.165) is 38.8 Å². The molecule has 6 nitrogen and oxygen atoms in total. The lowest BCUT2D eigenvalue weighted by Crippen LogP contribution is -2.37. The van der Waals surface area contributed by atoms with E-state index in [0.29, 0.717) is 17.7 Å². The predicted molar refractivity (Wildman–Crippen MR) is 90.9 cm³/mol. The van der Waals surface area contributed by atoms with Crippen LogP contribution < -0.4 is 10.5 Å². The molecule has 0 aromatic heterocycles. The quantitative estimate of drug-likeness (QED) is 0.886. The van der Waals surface area contributed by atoms with Crippen molar-refractivity contribution in [2.24, 2.45) is 5.14 Å². The summed E-state index contributed by atoms with van der Waals surface area (Å²) in [6.07, 6.45) is 6.09. The maximum absolute atomic E-state index is 12.4. The lowest BCUT2D eigenvalue weighted by molar-refractivity contribution is 0.206. The first kappa shape index (κ1) is 17.7. The molecule has 0 radical (unpaired) electrons. The number of nitrogens with zero attached hydrogens (tertiary/aromatic N) is 1. The Kier molecular flexibility index (Phi) is 6.01. The number of sulfonamides is 1. The molecular formula is C16H25N3O3S. The molecule has 128 valence electrons. The molecule has 2 rings (SSSR count). The minimum Gasteiger partial charge on any atom is -0.325 e. The molecule has 7 heteroatoms. The second kappa shape index (κ2) is 7.79. The van der Waals surface area contributed by atoms with Gasteiger partial charge in [0.2, 0.25) is 10.0 Å². The molecule has 1 aliphatic heterocycles. The Morgan fingerprint density at radius 1 is 1.17 bits per heavy atom. The van der Waals surface area contributed by atoms with Crippen molar-refractivity contribution >= 4 is 21.7 Å². The highest BCUT2D eigenvalue weighted by molar-refractivity contribution is 7.89. The minimum absolute atomic E-state index is 0.0745. The molecule has 1 aromatic carbocycles. The SMILES string of the molecule is CCc1ccc(NC(=O)N2CCCCCCC2)cc1S(N)(=O)=O. The van der Waals surface area contributed by atoms with Crippen molar-refractivity contribution in [2.75, 3.05) is 18.4 Å². The molecule has 0 saturated carbocycles. The fraction of sp³-hybridized carbons (Fsp3) is 0.562. The van der Waals surface area contributed by atoms with Gasteiger partial charge in [-0.25, -0.2) is 18.4 Å². The fourth-order valence-electron chi connectivity index (χ4n) is 2.84. The molecule has 1 heterocycles. The molecule has 1 aliphatic rings. The highest BCUT2D eigenvalue weighted by atomic mass is 32.2. The molecule has 3 N–H and O–H groups in total. The van der Waals surface area contributed by atoms with Crippen molar-refractivity contribution in [3.05, 3.63) is 23.8 Å². The number of likely N-dealkylation sites (tertiary alicyclic amines) is 1. The zero-order chi connectivity index (χ0) is 16.9. The molecule has 0 unspecified atom stereocenters. The summed E-state index contributed by atoms with van der Waals surface area (Å²) in [5.74, 6) is 0. The Labute approximate surface area is 138 Å². The first-order chi connectivity index (χ1) is 10.9. The van der Waals surface area contributed by atoms with Crippen molar-refractivity contribution in [1.29, 1.82) is 0 Å². The Morgan fingerprint density at radius 3 is 2.35 bits per heavy atom. The molecule has 0 aliphatic carbocycles. The maximum atomic E-state index is 12.4. The molecule has 1 aromatic rings. The van der Waals surface area contributed by atoms with E-state index in [9.17, 15) is 13.2 Å². The number of amides is 2. The number of nitrogens with two attached hydrogens (primary N) is 1. The lowest BCUT2D eigenvalue weighted by Gasteiger charge is -2.25. The highest BCUT2D eigenvalue weighted by Gasteiger charge is 2.17. The molecule has 1 fully saturated rings. The van der Waals surface area contributed by atoms with Gasteiger partial charge in [-0.3, -0.25) is 0 Å². The number of benzene rings is 1. The summed E-state index contributed by atoms with van der Waals surface area (Å²) in [5, 5.41) is 8.05. The summed E-state index contributed by atoms with van der Waals surface area (Å²) in [6, 6.07) is 4.67. The van der Waals surface area contributed by atoms with E-state index in [-0.39, 0.29) is 10.9 Å². The third-order valence-electron chi connectivity index (χ3n) is 4.15. The van der Waals surface area contributed by atoms with Gasteiger partial charge in [0.25, 0.3) is 0 Å². The van der Waals surface area contributed by atoms with Crippen molar-refractivity contribution < 1.29 is 13.2 Å². The molecular weight excluding hydrogens is 314 g/mol. The smallest absolute Gasteiger partial charge is 0.321 e. The zero-order valence-corrected chi connectivity index (χ0v) is 14.4. The van der Waals surface area contributed by atoms with Gasteiger partial charge >= 0.3 is 6.03 Å². The topological polar surface area (TPSA) is 92.5 Å². The number of primary sulfonamides is 1. The van der Waals surface area contributed by atoms with Crippen LogP contribution in [0.5, 0.6) is 0 Å². The van der Waals surface area contributed by atoms with E-state index in [2.05, 4.69) is 5.32 Å². The number of urea groups is 1. The second-order valence-corrected chi connectivity index (χ2v) is 7.44. The average Bonchev–Trinajstić information content (AvgIpc) is 2.45. The van der Waals surface area contributed by atoms with Gasteiger partial charge in [0.05, 0.1) is 4.90 Å². The van der Waals surface area contributed by atoms with Gasteiger partial charge in [0.1, 0.15) is 0 Å². The van der Waals surface area contributed by atoms with E-state index < -0.39 is 10.0 Å². The number of carbonyl (C=O) groups excluding carboxylic acids is 1. The number of nitrogens with one attached hydrogen (secondary N) is 1. The van der Waals surface area contributed by atoms with Crippen molar-refractivity contribution in [1.82, 2.24) is 4.90 Å². The van der Waals surface area contributed by atoms with Gasteiger partial charge in [0, 0.05) is 18.8 Å². The standard InChI is InChI=1S/C16H25N3O3S/c1-2-13-8-9-14(12-15(13)23(17,21)22)18-16(20)19-10-6-4-3-5-7-11-19/h8-9,12H,2-7,10-11H2,1H3,(H,18,20)(H2,17,21,22). The van der Waals surface area contributed by atoms with Crippen LogP contribution in [-0.4, -0.2) is 32.4 Å². The molecule has 1 saturated heterocycles. The van der Waals surface area contributed by atoms with Gasteiger partial charge in [-0.05, 0) is 37.0 Å². The maximum Gasteiger partial charge on any atom is 0.321 e. The number of rotatable bonds is 3. The van der Waals surface area contributed by atoms with E-state index >= 15 is 0 Å². The number of hydrogen-bond donors (Lipinski definition) is 2. The zero-order valence-electron chi connectivity index (χ0n) is 13.5. The number of hydrogen-bond acceptors (Lipinski definition) is 3. The molecule has 23 heavy (non-hydrogen) atoms. The number of aryl methyl sites for hydroxylation is 1. The average molecular weight is 339 g/mol. The Balaban J connectivity index is 2.14. The van der Waals surface area contributed by atoms with Gasteiger partial charge in [-0.1, -0.05) is 32.3 Å². The minimum atomic E-state index is -3.80. The molecule has 0 bridgehead atoms. The monoisotopic (exact) mass is 339 g/mol. The van der Waals surface area contributed by atoms with E-state index in [1.165, 1.54) is 12.5 Å². The van der Waals surface area contributed by atoms with Gasteiger partial charge in [0.15, 0.2) is 0 Å². The van der Waals surface area contributed by atoms with Crippen molar-refractivity contribution in [3.63, 3.8) is 0 Å². The summed E-state index contributed by atoms with van der Waals surface area (Å²) in [5.41, 5.74) is 1.11. The van der Waals surface area contributed by atoms with Crippen LogP contribution in [0.25, 0.3) is 0 Å². The van der Waals surface area contributed by atoms with Gasteiger partial charge in [-0.15, -0.1) is 0 Å². The fourth-order valence-corrected chi connectivity index (χ4v) is 3.71. The van der Waals surface area contributed by atoms with Crippen LogP contribution in [0.3, 0.4) is 0 Å². The summed E-state index contributed by atoms with van der Waals surface area (Å²) in [7, 11) is -3.80. The number of carbonyl (C=O) groups is 1. The van der Waals surface area contributed by atoms with Crippen LogP contribution in [-0.2, 0) is 16.4 Å². The van der Waals surface area contributed by atoms with E-state index in [1.54, 1.807) is 17.0 Å². The molecule has 2 amide bonds. The first-order valence-corrected chi connectivity index (χ1v) is 9.68. The molecule has 0 spiro atoms. The van der Waals surface area contributed by atoms with E-state index in [4.69, 9.17) is 5.14 Å². The summed E-state index contributed by atoms with van der Waals surface area (Å²) >= 11 is 0. The Morgan fingerprint density at radius 2 is 1.78 bits per heavy atom. The predicted octanol–water partition coefficient (Wildman–Crippen LogP) is 2.69. The van der Waals surface area contributed by atoms with Crippen LogP contribution in [0.1, 0.15) is 44.6 Å². The van der Waals surface area contributed by atoms with Crippen LogP contribution in [0.4, 0.5) is 10.5 Å². The summed E-state index contributed by atoms with van der Waals surface area (Å²) in [4.78, 5) is 14.3. The van der Waals surface area contributed by atoms with Crippen LogP contribution in [0.2, 0.25) is 0 Å². The van der Waals surface area contributed by atoms with Gasteiger partial charge < -0.3 is 10.2 Å². The van der Waals surface area contributed by atoms with Crippen LogP contribution >= 0.6 is 0 Å². The van der Waals surface area contributed by atoms with Gasteiger partial charge in [-0.2, -0.15) is 0 Å². The third kappa shape index (κ3) is 4.94. The normalized spacial score (nSPS) is 16.5. The first-order valence-electron chi connectivity index (χ1n) is 8.13. The number of anilines is 1. The Hall–Kier alpha value is -1.60. The van der Waals surface area contributed by atoms with E-state index in [1.807, 2.05) is 6.92 Å². The summed E-state index contributed by atoms with van der Waals surface area (Å²) in [6.45, 7) is 3.34. The molecule has 0 atom stereocenters. The highest BCUT2D eigenvalue weighted by Crippen LogP contribution is 2.21.